The van der Waals surface area contributed by atoms with E-state index < -0.39 is 5.97 Å². The summed E-state index contributed by atoms with van der Waals surface area (Å²) in [5, 5.41) is 10.6. The number of rotatable bonds is 2. The van der Waals surface area contributed by atoms with Gasteiger partial charge in [0, 0.05) is 0 Å². The Labute approximate surface area is 94.4 Å². The first kappa shape index (κ1) is 10.7. The molecule has 0 spiro atoms. The molecule has 0 amide bonds. The van der Waals surface area contributed by atoms with Gasteiger partial charge in [-0.1, -0.05) is 6.07 Å². The number of methoxy groups -OCH3 is 1. The van der Waals surface area contributed by atoms with Crippen molar-refractivity contribution in [2.45, 2.75) is 19.3 Å². The molecular formula is C13H13O3-. The summed E-state index contributed by atoms with van der Waals surface area (Å²) in [4.78, 5) is 10.6. The fourth-order valence-corrected chi connectivity index (χ4v) is 2.11. The number of hydrogen-bond acceptors (Lipinski definition) is 3. The van der Waals surface area contributed by atoms with Crippen molar-refractivity contribution in [3.05, 3.63) is 35.4 Å². The molecule has 3 nitrogen and oxygen atoms in total. The summed E-state index contributed by atoms with van der Waals surface area (Å²) in [7, 11) is 1.63. The van der Waals surface area contributed by atoms with Gasteiger partial charge in [0.15, 0.2) is 0 Å². The van der Waals surface area contributed by atoms with Gasteiger partial charge in [0.25, 0.3) is 0 Å². The summed E-state index contributed by atoms with van der Waals surface area (Å²) in [6.07, 6.45) is 3.94. The average molecular weight is 217 g/mol. The number of ether oxygens (including phenoxy) is 1. The van der Waals surface area contributed by atoms with Gasteiger partial charge in [-0.15, -0.1) is 0 Å². The van der Waals surface area contributed by atoms with Crippen LogP contribution in [0.4, 0.5) is 0 Å². The predicted octanol–water partition coefficient (Wildman–Crippen LogP) is 1.16. The first-order valence-electron chi connectivity index (χ1n) is 5.29. The normalized spacial score (nSPS) is 16.9. The van der Waals surface area contributed by atoms with Crippen molar-refractivity contribution in [1.82, 2.24) is 0 Å². The quantitative estimate of drug-likeness (QED) is 0.698. The van der Waals surface area contributed by atoms with Crippen LogP contribution in [0.5, 0.6) is 5.75 Å². The van der Waals surface area contributed by atoms with Gasteiger partial charge in [-0.05, 0) is 54.2 Å². The number of benzene rings is 1. The van der Waals surface area contributed by atoms with Crippen LogP contribution in [0, 0.1) is 0 Å². The summed E-state index contributed by atoms with van der Waals surface area (Å²) >= 11 is 0. The number of aliphatic carboxylic acids is 1. The van der Waals surface area contributed by atoms with E-state index in [0.717, 1.165) is 41.7 Å². The number of aryl methyl sites for hydroxylation is 1. The van der Waals surface area contributed by atoms with E-state index in [9.17, 15) is 9.90 Å². The van der Waals surface area contributed by atoms with Gasteiger partial charge >= 0.3 is 0 Å². The number of carboxylic acids is 1. The summed E-state index contributed by atoms with van der Waals surface area (Å²) < 4.78 is 5.15. The van der Waals surface area contributed by atoms with Crippen molar-refractivity contribution in [2.75, 3.05) is 7.11 Å². The zero-order valence-corrected chi connectivity index (χ0v) is 9.16. The Morgan fingerprint density at radius 2 is 2.25 bits per heavy atom. The monoisotopic (exact) mass is 217 g/mol. The zero-order valence-electron chi connectivity index (χ0n) is 9.16. The molecule has 3 heteroatoms. The molecule has 0 N–H and O–H groups in total. The molecule has 1 aromatic rings. The third kappa shape index (κ3) is 2.08. The Morgan fingerprint density at radius 1 is 1.44 bits per heavy atom. The summed E-state index contributed by atoms with van der Waals surface area (Å²) in [5.74, 6) is -0.313. The molecule has 0 bridgehead atoms. The molecule has 0 aliphatic heterocycles. The minimum atomic E-state index is -1.13. The lowest BCUT2D eigenvalue weighted by Gasteiger charge is -2.20. The second kappa shape index (κ2) is 4.39. The number of carbonyl (C=O) groups excluding carboxylic acids is 1. The highest BCUT2D eigenvalue weighted by Gasteiger charge is 2.14. The van der Waals surface area contributed by atoms with Crippen molar-refractivity contribution in [3.8, 4) is 5.75 Å². The SMILES string of the molecule is COc1ccc2c(c1)CCC/C2=C\C(=O)[O-]. The lowest BCUT2D eigenvalue weighted by atomic mass is 9.87. The van der Waals surface area contributed by atoms with Gasteiger partial charge in [0.1, 0.15) is 5.75 Å². The third-order valence-electron chi connectivity index (χ3n) is 2.84. The van der Waals surface area contributed by atoms with Crippen LogP contribution in [-0.2, 0) is 11.2 Å². The maximum Gasteiger partial charge on any atom is 0.119 e. The largest absolute Gasteiger partial charge is 0.545 e. The molecule has 1 aromatic carbocycles. The first-order valence-corrected chi connectivity index (χ1v) is 5.29. The van der Waals surface area contributed by atoms with Crippen molar-refractivity contribution >= 4 is 11.5 Å². The molecule has 84 valence electrons. The molecular weight excluding hydrogens is 204 g/mol. The zero-order chi connectivity index (χ0) is 11.5. The molecule has 0 atom stereocenters. The molecule has 1 aliphatic rings. The van der Waals surface area contributed by atoms with Crippen LogP contribution >= 0.6 is 0 Å². The van der Waals surface area contributed by atoms with Gasteiger partial charge in [-0.3, -0.25) is 0 Å². The molecule has 1 aliphatic carbocycles. The minimum absolute atomic E-state index is 0.799. The second-order valence-corrected chi connectivity index (χ2v) is 3.87. The third-order valence-corrected chi connectivity index (χ3v) is 2.84. The van der Waals surface area contributed by atoms with Crippen molar-refractivity contribution in [2.24, 2.45) is 0 Å². The van der Waals surface area contributed by atoms with Crippen LogP contribution < -0.4 is 9.84 Å². The Balaban J connectivity index is 2.43. The molecule has 0 unspecified atom stereocenters. The van der Waals surface area contributed by atoms with E-state index in [4.69, 9.17) is 4.74 Å². The number of carbonyl (C=O) groups is 1. The van der Waals surface area contributed by atoms with Crippen LogP contribution in [0.15, 0.2) is 24.3 Å². The number of hydrogen-bond donors (Lipinski definition) is 0. The van der Waals surface area contributed by atoms with Gasteiger partial charge in [-0.25, -0.2) is 0 Å². The highest BCUT2D eigenvalue weighted by Crippen LogP contribution is 2.32. The lowest BCUT2D eigenvalue weighted by molar-refractivity contribution is -0.297. The molecule has 0 aromatic heterocycles. The number of allylic oxidation sites excluding steroid dienone is 1. The van der Waals surface area contributed by atoms with E-state index in [1.165, 1.54) is 6.08 Å². The summed E-state index contributed by atoms with van der Waals surface area (Å²) in [6.45, 7) is 0. The van der Waals surface area contributed by atoms with E-state index in [2.05, 4.69) is 0 Å². The fraction of sp³-hybridized carbons (Fsp3) is 0.308. The molecule has 16 heavy (non-hydrogen) atoms. The average Bonchev–Trinajstić information content (AvgIpc) is 2.28. The smallest absolute Gasteiger partial charge is 0.119 e. The lowest BCUT2D eigenvalue weighted by Crippen LogP contribution is -2.20. The molecule has 0 saturated carbocycles. The van der Waals surface area contributed by atoms with Gasteiger partial charge in [0.2, 0.25) is 0 Å². The van der Waals surface area contributed by atoms with Crippen LogP contribution in [0.3, 0.4) is 0 Å². The Bertz CT molecular complexity index is 446. The topological polar surface area (TPSA) is 49.4 Å². The van der Waals surface area contributed by atoms with Crippen molar-refractivity contribution < 1.29 is 14.6 Å². The Hall–Kier alpha value is -1.77. The molecule has 0 radical (unpaired) electrons. The predicted molar refractivity (Wildman–Crippen MR) is 58.9 cm³/mol. The summed E-state index contributed by atoms with van der Waals surface area (Å²) in [5.41, 5.74) is 3.01. The number of fused-ring (bicyclic) bond motifs is 1. The molecule has 0 fully saturated rings. The fourth-order valence-electron chi connectivity index (χ4n) is 2.11. The van der Waals surface area contributed by atoms with E-state index >= 15 is 0 Å². The van der Waals surface area contributed by atoms with Crippen LogP contribution in [0.2, 0.25) is 0 Å². The minimum Gasteiger partial charge on any atom is -0.545 e. The van der Waals surface area contributed by atoms with E-state index in [1.807, 2.05) is 18.2 Å². The van der Waals surface area contributed by atoms with E-state index in [0.29, 0.717) is 0 Å². The van der Waals surface area contributed by atoms with E-state index in [-0.39, 0.29) is 0 Å². The van der Waals surface area contributed by atoms with Crippen LogP contribution in [0.25, 0.3) is 5.57 Å². The maximum atomic E-state index is 10.6. The van der Waals surface area contributed by atoms with Crippen molar-refractivity contribution in [3.63, 3.8) is 0 Å². The Kier molecular flexibility index (Phi) is 2.95. The van der Waals surface area contributed by atoms with Gasteiger partial charge in [-0.2, -0.15) is 0 Å². The maximum absolute atomic E-state index is 10.6. The van der Waals surface area contributed by atoms with Gasteiger partial charge in [0.05, 0.1) is 13.1 Å². The van der Waals surface area contributed by atoms with E-state index in [1.54, 1.807) is 7.11 Å². The molecule has 2 rings (SSSR count). The second-order valence-electron chi connectivity index (χ2n) is 3.87. The highest BCUT2D eigenvalue weighted by atomic mass is 16.5. The van der Waals surface area contributed by atoms with Crippen LogP contribution in [-0.4, -0.2) is 13.1 Å². The molecule has 0 heterocycles. The summed E-state index contributed by atoms with van der Waals surface area (Å²) in [6, 6.07) is 5.74. The number of carboxylic acid groups (broad SMARTS) is 1. The standard InChI is InChI=1S/C13H14O3/c1-16-11-5-6-12-9(7-11)3-2-4-10(12)8-13(14)15/h5-8H,2-4H2,1H3,(H,14,15)/p-1/b10-8+. The highest BCUT2D eigenvalue weighted by molar-refractivity contribution is 5.89. The first-order chi connectivity index (χ1) is 7.70. The van der Waals surface area contributed by atoms with Crippen LogP contribution in [0.1, 0.15) is 24.0 Å². The Morgan fingerprint density at radius 3 is 2.94 bits per heavy atom. The molecule has 0 saturated heterocycles. The van der Waals surface area contributed by atoms with Gasteiger partial charge < -0.3 is 14.6 Å². The van der Waals surface area contributed by atoms with Crippen molar-refractivity contribution in [1.29, 1.82) is 0 Å².